The largest absolute Gasteiger partial charge is 0.336 e. The van der Waals surface area contributed by atoms with E-state index in [-0.39, 0.29) is 11.8 Å². The third-order valence-corrected chi connectivity index (χ3v) is 3.20. The Hall–Kier alpha value is -2.17. The van der Waals surface area contributed by atoms with Crippen LogP contribution in [-0.2, 0) is 4.79 Å². The zero-order valence-electron chi connectivity index (χ0n) is 11.9. The highest BCUT2D eigenvalue weighted by Crippen LogP contribution is 2.08. The van der Waals surface area contributed by atoms with Crippen LogP contribution in [0.2, 0.25) is 0 Å². The number of amides is 2. The van der Waals surface area contributed by atoms with E-state index in [1.165, 1.54) is 0 Å². The molecule has 0 spiro atoms. The van der Waals surface area contributed by atoms with Crippen LogP contribution >= 0.6 is 0 Å². The molecule has 0 N–H and O–H groups in total. The van der Waals surface area contributed by atoms with Gasteiger partial charge in [-0.1, -0.05) is 5.57 Å². The Labute approximate surface area is 118 Å². The van der Waals surface area contributed by atoms with E-state index >= 15 is 0 Å². The molecule has 1 fully saturated rings. The van der Waals surface area contributed by atoms with Crippen LogP contribution in [0.15, 0.2) is 36.2 Å². The predicted molar refractivity (Wildman–Crippen MR) is 76.2 cm³/mol. The lowest BCUT2D eigenvalue weighted by Crippen LogP contribution is -2.50. The number of carbonyl (C=O) groups is 2. The minimum absolute atomic E-state index is 0.0209. The van der Waals surface area contributed by atoms with Crippen LogP contribution in [0, 0.1) is 0 Å². The van der Waals surface area contributed by atoms with Crippen molar-refractivity contribution in [3.63, 3.8) is 0 Å². The van der Waals surface area contributed by atoms with Crippen LogP contribution in [-0.4, -0.2) is 52.8 Å². The fourth-order valence-corrected chi connectivity index (χ4v) is 2.14. The van der Waals surface area contributed by atoms with Crippen LogP contribution in [0.4, 0.5) is 0 Å². The van der Waals surface area contributed by atoms with Crippen molar-refractivity contribution in [1.82, 2.24) is 14.8 Å². The molecule has 0 aromatic carbocycles. The van der Waals surface area contributed by atoms with Gasteiger partial charge in [0.2, 0.25) is 5.91 Å². The number of pyridine rings is 1. The molecule has 2 rings (SSSR count). The molecule has 106 valence electrons. The molecule has 5 nitrogen and oxygen atoms in total. The number of carbonyl (C=O) groups excluding carboxylic acids is 2. The number of nitrogens with zero attached hydrogens (tertiary/aromatic N) is 3. The van der Waals surface area contributed by atoms with Crippen molar-refractivity contribution in [1.29, 1.82) is 0 Å². The van der Waals surface area contributed by atoms with E-state index in [1.807, 2.05) is 13.8 Å². The fourth-order valence-electron chi connectivity index (χ4n) is 2.14. The van der Waals surface area contributed by atoms with E-state index in [0.717, 1.165) is 5.57 Å². The fraction of sp³-hybridized carbons (Fsp3) is 0.400. The second-order valence-electron chi connectivity index (χ2n) is 5.08. The van der Waals surface area contributed by atoms with Crippen molar-refractivity contribution in [2.75, 3.05) is 26.2 Å². The van der Waals surface area contributed by atoms with Crippen molar-refractivity contribution in [3.8, 4) is 0 Å². The molecular formula is C15H19N3O2. The van der Waals surface area contributed by atoms with Gasteiger partial charge in [-0.05, 0) is 26.0 Å². The van der Waals surface area contributed by atoms with Crippen LogP contribution in [0.25, 0.3) is 0 Å². The maximum atomic E-state index is 12.2. The lowest BCUT2D eigenvalue weighted by Gasteiger charge is -2.34. The Morgan fingerprint density at radius 1 is 1.15 bits per heavy atom. The van der Waals surface area contributed by atoms with E-state index in [2.05, 4.69) is 4.98 Å². The van der Waals surface area contributed by atoms with Gasteiger partial charge >= 0.3 is 0 Å². The van der Waals surface area contributed by atoms with Gasteiger partial charge in [0.15, 0.2) is 0 Å². The van der Waals surface area contributed by atoms with Crippen molar-refractivity contribution in [2.45, 2.75) is 13.8 Å². The molecule has 0 aliphatic carbocycles. The van der Waals surface area contributed by atoms with Gasteiger partial charge in [0.05, 0.1) is 5.56 Å². The third kappa shape index (κ3) is 3.44. The van der Waals surface area contributed by atoms with Gasteiger partial charge in [-0.3, -0.25) is 14.6 Å². The first-order valence-electron chi connectivity index (χ1n) is 6.71. The molecule has 0 unspecified atom stereocenters. The average Bonchev–Trinajstić information content (AvgIpc) is 2.47. The molecule has 0 saturated carbocycles. The topological polar surface area (TPSA) is 53.5 Å². The minimum Gasteiger partial charge on any atom is -0.336 e. The maximum Gasteiger partial charge on any atom is 0.255 e. The SMILES string of the molecule is CC(C)=CC(=O)N1CCN(C(=O)c2cccnc2)CC1. The van der Waals surface area contributed by atoms with E-state index < -0.39 is 0 Å². The summed E-state index contributed by atoms with van der Waals surface area (Å²) in [5, 5.41) is 0. The lowest BCUT2D eigenvalue weighted by molar-refractivity contribution is -0.127. The lowest BCUT2D eigenvalue weighted by atomic mass is 10.2. The van der Waals surface area contributed by atoms with Crippen LogP contribution in [0.5, 0.6) is 0 Å². The number of rotatable bonds is 2. The average molecular weight is 273 g/mol. The summed E-state index contributed by atoms with van der Waals surface area (Å²) in [6, 6.07) is 3.51. The van der Waals surface area contributed by atoms with E-state index in [4.69, 9.17) is 0 Å². The molecule has 1 aliphatic rings. The summed E-state index contributed by atoms with van der Waals surface area (Å²) >= 11 is 0. The molecule has 1 saturated heterocycles. The van der Waals surface area contributed by atoms with Crippen LogP contribution in [0.3, 0.4) is 0 Å². The summed E-state index contributed by atoms with van der Waals surface area (Å²) in [6.07, 6.45) is 4.86. The van der Waals surface area contributed by atoms with Crippen molar-refractivity contribution >= 4 is 11.8 Å². The Balaban J connectivity index is 1.93. The van der Waals surface area contributed by atoms with Gasteiger partial charge in [0, 0.05) is 44.6 Å². The first-order valence-corrected chi connectivity index (χ1v) is 6.71. The highest BCUT2D eigenvalue weighted by molar-refractivity contribution is 5.94. The number of allylic oxidation sites excluding steroid dienone is 1. The minimum atomic E-state index is -0.0209. The Kier molecular flexibility index (Phi) is 4.50. The zero-order valence-corrected chi connectivity index (χ0v) is 11.9. The quantitative estimate of drug-likeness (QED) is 0.764. The maximum absolute atomic E-state index is 12.2. The highest BCUT2D eigenvalue weighted by atomic mass is 16.2. The van der Waals surface area contributed by atoms with Gasteiger partial charge in [-0.2, -0.15) is 0 Å². The Bertz CT molecular complexity index is 513. The Morgan fingerprint density at radius 2 is 1.80 bits per heavy atom. The van der Waals surface area contributed by atoms with Crippen molar-refractivity contribution in [2.24, 2.45) is 0 Å². The molecule has 2 amide bonds. The normalized spacial score (nSPS) is 14.9. The van der Waals surface area contributed by atoms with E-state index in [1.54, 1.807) is 40.4 Å². The Morgan fingerprint density at radius 3 is 2.35 bits per heavy atom. The van der Waals surface area contributed by atoms with Gasteiger partial charge in [0.1, 0.15) is 0 Å². The van der Waals surface area contributed by atoms with Gasteiger partial charge in [-0.15, -0.1) is 0 Å². The predicted octanol–water partition coefficient (Wildman–Crippen LogP) is 1.33. The monoisotopic (exact) mass is 273 g/mol. The molecule has 2 heterocycles. The van der Waals surface area contributed by atoms with Crippen LogP contribution in [0.1, 0.15) is 24.2 Å². The van der Waals surface area contributed by atoms with Gasteiger partial charge < -0.3 is 9.80 Å². The first kappa shape index (κ1) is 14.2. The molecule has 1 aliphatic heterocycles. The summed E-state index contributed by atoms with van der Waals surface area (Å²) < 4.78 is 0. The molecule has 5 heteroatoms. The third-order valence-electron chi connectivity index (χ3n) is 3.20. The number of hydrogen-bond donors (Lipinski definition) is 0. The standard InChI is InChI=1S/C15H19N3O2/c1-12(2)10-14(19)17-6-8-18(9-7-17)15(20)13-4-3-5-16-11-13/h3-5,10-11H,6-9H2,1-2H3. The molecular weight excluding hydrogens is 254 g/mol. The molecule has 1 aromatic heterocycles. The highest BCUT2D eigenvalue weighted by Gasteiger charge is 2.23. The van der Waals surface area contributed by atoms with Gasteiger partial charge in [-0.25, -0.2) is 0 Å². The number of hydrogen-bond acceptors (Lipinski definition) is 3. The van der Waals surface area contributed by atoms with E-state index in [0.29, 0.717) is 31.7 Å². The summed E-state index contributed by atoms with van der Waals surface area (Å²) in [7, 11) is 0. The first-order chi connectivity index (χ1) is 9.58. The summed E-state index contributed by atoms with van der Waals surface area (Å²) in [5.41, 5.74) is 1.58. The molecule has 1 aromatic rings. The number of piperazine rings is 1. The molecule has 0 bridgehead atoms. The molecule has 20 heavy (non-hydrogen) atoms. The summed E-state index contributed by atoms with van der Waals surface area (Å²) in [6.45, 7) is 6.09. The second kappa shape index (κ2) is 6.32. The van der Waals surface area contributed by atoms with Gasteiger partial charge in [0.25, 0.3) is 5.91 Å². The molecule has 0 atom stereocenters. The van der Waals surface area contributed by atoms with Crippen molar-refractivity contribution < 1.29 is 9.59 Å². The van der Waals surface area contributed by atoms with Crippen molar-refractivity contribution in [3.05, 3.63) is 41.7 Å². The molecule has 0 radical (unpaired) electrons. The summed E-state index contributed by atoms with van der Waals surface area (Å²) in [5.74, 6) is 0.00545. The smallest absolute Gasteiger partial charge is 0.255 e. The number of aromatic nitrogens is 1. The summed E-state index contributed by atoms with van der Waals surface area (Å²) in [4.78, 5) is 31.6. The van der Waals surface area contributed by atoms with E-state index in [9.17, 15) is 9.59 Å². The second-order valence-corrected chi connectivity index (χ2v) is 5.08. The van der Waals surface area contributed by atoms with Crippen LogP contribution < -0.4 is 0 Å². The zero-order chi connectivity index (χ0) is 14.5.